The van der Waals surface area contributed by atoms with E-state index in [0.717, 1.165) is 0 Å². The molecule has 0 fully saturated rings. The second kappa shape index (κ2) is 5.81. The van der Waals surface area contributed by atoms with Gasteiger partial charge in [0.1, 0.15) is 5.60 Å². The van der Waals surface area contributed by atoms with Gasteiger partial charge in [-0.3, -0.25) is 0 Å². The zero-order chi connectivity index (χ0) is 13.1. The van der Waals surface area contributed by atoms with Crippen LogP contribution in [-0.4, -0.2) is 33.2 Å². The number of carbonyl (C=O) groups is 1. The summed E-state index contributed by atoms with van der Waals surface area (Å²) in [7, 11) is 0. The lowest BCUT2D eigenvalue weighted by molar-refractivity contribution is 0.0525. The molecule has 1 N–H and O–H groups in total. The summed E-state index contributed by atoms with van der Waals surface area (Å²) in [6.07, 6.45) is -0.442. The molecule has 6 nitrogen and oxygen atoms in total. The largest absolute Gasteiger partial charge is 0.444 e. The summed E-state index contributed by atoms with van der Waals surface area (Å²) < 4.78 is 6.35. The predicted octanol–water partition coefficient (Wildman–Crippen LogP) is 2.33. The van der Waals surface area contributed by atoms with Gasteiger partial charge in [-0.05, 0) is 52.6 Å². The molecule has 17 heavy (non-hydrogen) atoms. The van der Waals surface area contributed by atoms with Gasteiger partial charge in [-0.25, -0.2) is 4.79 Å². The number of amides is 1. The molecule has 0 radical (unpaired) electrons. The summed E-state index contributed by atoms with van der Waals surface area (Å²) in [4.78, 5) is 12.8. The summed E-state index contributed by atoms with van der Waals surface area (Å²) >= 11 is 6.45. The van der Waals surface area contributed by atoms with E-state index < -0.39 is 11.7 Å². The van der Waals surface area contributed by atoms with Crippen molar-refractivity contribution in [1.82, 2.24) is 20.3 Å². The van der Waals surface area contributed by atoms with E-state index in [4.69, 9.17) is 4.74 Å². The van der Waals surface area contributed by atoms with Crippen LogP contribution in [0.2, 0.25) is 0 Å². The Morgan fingerprint density at radius 2 is 1.88 bits per heavy atom. The summed E-state index contributed by atoms with van der Waals surface area (Å²) in [5.41, 5.74) is -0.486. The zero-order valence-corrected chi connectivity index (χ0v) is 13.0. The maximum absolute atomic E-state index is 11.3. The maximum Gasteiger partial charge on any atom is 0.407 e. The Morgan fingerprint density at radius 3 is 2.35 bits per heavy atom. The van der Waals surface area contributed by atoms with Gasteiger partial charge in [-0.2, -0.15) is 4.80 Å². The van der Waals surface area contributed by atoms with E-state index in [1.807, 2.05) is 20.8 Å². The number of rotatable bonds is 3. The SMILES string of the molecule is CC(C)(C)OC(=O)NCCn1nc(Br)c(Br)n1. The number of halogens is 2. The predicted molar refractivity (Wildman–Crippen MR) is 69.7 cm³/mol. The average molecular weight is 370 g/mol. The standard InChI is InChI=1S/C9H14Br2N4O2/c1-9(2,3)17-8(16)12-4-5-15-13-6(10)7(11)14-15/h4-5H2,1-3H3,(H,12,16). The minimum atomic E-state index is -0.486. The molecule has 1 aromatic heterocycles. The third-order valence-corrected chi connectivity index (χ3v) is 3.16. The number of hydrogen-bond acceptors (Lipinski definition) is 4. The van der Waals surface area contributed by atoms with Crippen molar-refractivity contribution in [2.24, 2.45) is 0 Å². The van der Waals surface area contributed by atoms with E-state index in [-0.39, 0.29) is 0 Å². The van der Waals surface area contributed by atoms with E-state index in [1.54, 1.807) is 0 Å². The van der Waals surface area contributed by atoms with Crippen LogP contribution < -0.4 is 5.32 Å². The van der Waals surface area contributed by atoms with Crippen LogP contribution in [0.25, 0.3) is 0 Å². The van der Waals surface area contributed by atoms with Gasteiger partial charge in [0.05, 0.1) is 6.54 Å². The Labute approximate surface area is 116 Å². The molecule has 0 saturated heterocycles. The number of aromatic nitrogens is 3. The fourth-order valence-corrected chi connectivity index (χ4v) is 1.50. The number of alkyl carbamates (subject to hydrolysis) is 1. The van der Waals surface area contributed by atoms with E-state index in [0.29, 0.717) is 22.3 Å². The number of carbonyl (C=O) groups excluding carboxylic acids is 1. The van der Waals surface area contributed by atoms with Gasteiger partial charge < -0.3 is 10.1 Å². The summed E-state index contributed by atoms with van der Waals surface area (Å²) in [5.74, 6) is 0. The fraction of sp³-hybridized carbons (Fsp3) is 0.667. The van der Waals surface area contributed by atoms with Crippen molar-refractivity contribution in [2.75, 3.05) is 6.54 Å². The quantitative estimate of drug-likeness (QED) is 0.887. The molecule has 1 aromatic rings. The lowest BCUT2D eigenvalue weighted by Gasteiger charge is -2.19. The Kier molecular flexibility index (Phi) is 4.93. The molecule has 0 aliphatic carbocycles. The molecule has 1 amide bonds. The van der Waals surface area contributed by atoms with Crippen LogP contribution >= 0.6 is 31.9 Å². The first-order valence-electron chi connectivity index (χ1n) is 5.01. The van der Waals surface area contributed by atoms with Crippen LogP contribution in [0.1, 0.15) is 20.8 Å². The number of ether oxygens (including phenoxy) is 1. The molecule has 0 atom stereocenters. The molecule has 8 heteroatoms. The lowest BCUT2D eigenvalue weighted by atomic mass is 10.2. The highest BCUT2D eigenvalue weighted by Crippen LogP contribution is 2.16. The van der Waals surface area contributed by atoms with Crippen molar-refractivity contribution in [2.45, 2.75) is 32.9 Å². The molecule has 0 bridgehead atoms. The number of hydrogen-bond donors (Lipinski definition) is 1. The Bertz CT molecular complexity index is 381. The first-order chi connectivity index (χ1) is 7.78. The smallest absolute Gasteiger partial charge is 0.407 e. The molecule has 0 aromatic carbocycles. The maximum atomic E-state index is 11.3. The van der Waals surface area contributed by atoms with E-state index >= 15 is 0 Å². The highest BCUT2D eigenvalue weighted by atomic mass is 79.9. The van der Waals surface area contributed by atoms with Gasteiger partial charge in [-0.1, -0.05) is 0 Å². The average Bonchev–Trinajstić information content (AvgIpc) is 2.43. The minimum Gasteiger partial charge on any atom is -0.444 e. The van der Waals surface area contributed by atoms with Crippen molar-refractivity contribution in [3.8, 4) is 0 Å². The molecule has 0 spiro atoms. The van der Waals surface area contributed by atoms with Crippen LogP contribution in [0.3, 0.4) is 0 Å². The first-order valence-corrected chi connectivity index (χ1v) is 6.59. The lowest BCUT2D eigenvalue weighted by Crippen LogP contribution is -2.34. The first kappa shape index (κ1) is 14.4. The third-order valence-electron chi connectivity index (χ3n) is 1.56. The van der Waals surface area contributed by atoms with Gasteiger partial charge >= 0.3 is 6.09 Å². The summed E-state index contributed by atoms with van der Waals surface area (Å²) in [6, 6.07) is 0. The van der Waals surface area contributed by atoms with Gasteiger partial charge in [0, 0.05) is 6.54 Å². The minimum absolute atomic E-state index is 0.405. The number of nitrogens with zero attached hydrogens (tertiary/aromatic N) is 3. The van der Waals surface area contributed by atoms with E-state index in [9.17, 15) is 4.79 Å². The van der Waals surface area contributed by atoms with Crippen LogP contribution in [0.5, 0.6) is 0 Å². The fourth-order valence-electron chi connectivity index (χ4n) is 0.980. The summed E-state index contributed by atoms with van der Waals surface area (Å²) in [6.45, 7) is 6.33. The Balaban J connectivity index is 2.31. The molecule has 96 valence electrons. The molecule has 0 aliphatic heterocycles. The number of nitrogens with one attached hydrogen (secondary N) is 1. The molecule has 1 heterocycles. The molecule has 0 unspecified atom stereocenters. The van der Waals surface area contributed by atoms with Crippen LogP contribution in [0.4, 0.5) is 4.79 Å². The molecular formula is C9H14Br2N4O2. The van der Waals surface area contributed by atoms with Gasteiger partial charge in [0.2, 0.25) is 0 Å². The third kappa shape index (κ3) is 5.49. The normalized spacial score (nSPS) is 11.4. The van der Waals surface area contributed by atoms with Crippen LogP contribution in [0.15, 0.2) is 9.21 Å². The molecular weight excluding hydrogens is 356 g/mol. The summed E-state index contributed by atoms with van der Waals surface area (Å²) in [5, 5.41) is 10.8. The Hall–Kier alpha value is -0.630. The van der Waals surface area contributed by atoms with Gasteiger partial charge in [0.25, 0.3) is 0 Å². The van der Waals surface area contributed by atoms with Gasteiger partial charge in [0.15, 0.2) is 9.21 Å². The van der Waals surface area contributed by atoms with Crippen molar-refractivity contribution < 1.29 is 9.53 Å². The topological polar surface area (TPSA) is 69.0 Å². The van der Waals surface area contributed by atoms with Gasteiger partial charge in [-0.15, -0.1) is 10.2 Å². The molecule has 0 saturated carbocycles. The highest BCUT2D eigenvalue weighted by Gasteiger charge is 2.15. The van der Waals surface area contributed by atoms with Crippen LogP contribution in [-0.2, 0) is 11.3 Å². The van der Waals surface area contributed by atoms with Crippen molar-refractivity contribution in [3.63, 3.8) is 0 Å². The molecule has 0 aliphatic rings. The highest BCUT2D eigenvalue weighted by molar-refractivity contribution is 9.13. The van der Waals surface area contributed by atoms with Crippen molar-refractivity contribution in [3.05, 3.63) is 9.21 Å². The van der Waals surface area contributed by atoms with Crippen molar-refractivity contribution in [1.29, 1.82) is 0 Å². The Morgan fingerprint density at radius 1 is 1.35 bits per heavy atom. The second-order valence-electron chi connectivity index (χ2n) is 4.31. The van der Waals surface area contributed by atoms with Crippen molar-refractivity contribution >= 4 is 38.0 Å². The zero-order valence-electron chi connectivity index (χ0n) is 9.83. The van der Waals surface area contributed by atoms with E-state index in [1.165, 1.54) is 4.80 Å². The molecule has 1 rings (SSSR count). The second-order valence-corrected chi connectivity index (χ2v) is 5.81. The van der Waals surface area contributed by atoms with E-state index in [2.05, 4.69) is 47.4 Å². The monoisotopic (exact) mass is 368 g/mol. The van der Waals surface area contributed by atoms with Crippen LogP contribution in [0, 0.1) is 0 Å².